The number of aliphatic hydroxyl groups is 1. The van der Waals surface area contributed by atoms with Gasteiger partial charge in [-0.2, -0.15) is 69.1 Å². The summed E-state index contributed by atoms with van der Waals surface area (Å²) < 4.78 is 147. The third-order valence-electron chi connectivity index (χ3n) is 21.0. The number of ether oxygens (including phenoxy) is 4. The normalized spacial score (nSPS) is 15.6. The summed E-state index contributed by atoms with van der Waals surface area (Å²) in [7, 11) is 5.73. The minimum atomic E-state index is -4.62. The van der Waals surface area contributed by atoms with Gasteiger partial charge in [-0.25, -0.2) is 57.8 Å². The van der Waals surface area contributed by atoms with E-state index < -0.39 is 88.3 Å². The molecule has 1 fully saturated rings. The predicted molar refractivity (Wildman–Crippen MR) is 551 cm³/mol. The number of hydrogen-bond donors (Lipinski definition) is 4. The molecule has 0 amide bonds. The molecule has 3 aromatic heterocycles. The summed E-state index contributed by atoms with van der Waals surface area (Å²) in [5, 5.41) is 56.5. The van der Waals surface area contributed by atoms with Crippen LogP contribution in [0.5, 0.6) is 0 Å². The van der Waals surface area contributed by atoms with Crippen molar-refractivity contribution in [1.29, 1.82) is 15.8 Å². The van der Waals surface area contributed by atoms with E-state index in [1.54, 1.807) is 69.3 Å². The zero-order valence-electron chi connectivity index (χ0n) is 78.5. The number of benzene rings is 6. The first kappa shape index (κ1) is 124. The second kappa shape index (κ2) is 54.1. The smallest absolute Gasteiger partial charge is 0.416 e. The molecule has 4 N–H and O–H groups in total. The first-order valence-electron chi connectivity index (χ1n) is 41.0. The first-order valence-corrected chi connectivity index (χ1v) is 48.5. The van der Waals surface area contributed by atoms with E-state index in [0.717, 1.165) is 59.8 Å². The van der Waals surface area contributed by atoms with Crippen molar-refractivity contribution in [3.05, 3.63) is 289 Å². The largest absolute Gasteiger partial charge is 0.496 e. The molecule has 3 atom stereocenters. The van der Waals surface area contributed by atoms with Gasteiger partial charge in [-0.3, -0.25) is 24.0 Å². The van der Waals surface area contributed by atoms with Gasteiger partial charge in [0.1, 0.15) is 17.6 Å². The fourth-order valence-corrected chi connectivity index (χ4v) is 15.5. The van der Waals surface area contributed by atoms with Crippen LogP contribution in [-0.4, -0.2) is 128 Å². The van der Waals surface area contributed by atoms with Crippen molar-refractivity contribution in [2.24, 2.45) is 0 Å². The van der Waals surface area contributed by atoms with Crippen molar-refractivity contribution in [2.75, 3.05) is 54.6 Å². The summed E-state index contributed by atoms with van der Waals surface area (Å²) in [6.45, 7) is 34.0. The number of rotatable bonds is 13. The summed E-state index contributed by atoms with van der Waals surface area (Å²) >= 11 is 14.8. The second-order valence-electron chi connectivity index (χ2n) is 31.7. The number of carbonyl (C=O) groups is 3. The number of anilines is 6. The average molecular weight is 2620 g/mol. The Bertz CT molecular complexity index is 6170. The molecule has 7 heterocycles. The van der Waals surface area contributed by atoms with Crippen LogP contribution < -0.4 is 31.8 Å². The number of nitrogens with one attached hydrogen (secondary N) is 3. The SMILES string of the molecule is C=COC(C)(C)C.CC(I)(I)I.CC=Cc1cc(C#N)ccc1C1C(C(=O)OC)=C(C)N(c2cccc(C(F)(F)F)c2)c2n[nH]c(=O)n21.CI.CN1C(C)(C)CCCC1(C)C.COC(=O)C1=C(C)N(c2cccc(C(F)(F)F)c2)c2n[nH]c(=O)n2C1c1ccc(C#N)cc1Br.COC(=O)C1=C(C)N(c2cccc(C(F)(F)F)c2)c2n[nH]c(=O)n2C1c1ccc(C#N)cc1CCO.C[CH-]I.[CH2-]C.[V].[V]. The molecule has 13 rings (SSSR count). The Morgan fingerprint density at radius 2 is 0.877 bits per heavy atom. The summed E-state index contributed by atoms with van der Waals surface area (Å²) in [5.74, 6) is -2.44. The fraction of sp³-hybridized carbons (Fsp3) is 0.362. The van der Waals surface area contributed by atoms with Gasteiger partial charge in [0.15, 0.2) is 0 Å². The molecule has 0 bridgehead atoms. The number of halogens is 15. The molecule has 742 valence electrons. The van der Waals surface area contributed by atoms with Gasteiger partial charge in [0, 0.05) is 93.4 Å². The summed E-state index contributed by atoms with van der Waals surface area (Å²) in [6.07, 6.45) is -4.72. The molecule has 27 nitrogen and oxygen atoms in total. The summed E-state index contributed by atoms with van der Waals surface area (Å²) in [6, 6.07) is 30.3. The number of aliphatic hydroxyl groups excluding tert-OH is 1. The van der Waals surface area contributed by atoms with Crippen molar-refractivity contribution in [3.63, 3.8) is 0 Å². The number of esters is 3. The number of alkyl halides is 13. The Hall–Kier alpha value is -8.49. The third-order valence-corrected chi connectivity index (χ3v) is 21.7. The van der Waals surface area contributed by atoms with Crippen LogP contribution in [-0.2, 0) is 95.4 Å². The van der Waals surface area contributed by atoms with E-state index >= 15 is 0 Å². The number of aromatic amines is 3. The zero-order valence-corrected chi connectivity index (χ0v) is 93.7. The van der Waals surface area contributed by atoms with Gasteiger partial charge < -0.3 is 53.6 Å². The summed E-state index contributed by atoms with van der Waals surface area (Å²) in [5.41, 5.74) is 0.186. The van der Waals surface area contributed by atoms with Gasteiger partial charge in [0.05, 0.1) is 102 Å². The molecule has 3 unspecified atom stereocenters. The number of aromatic nitrogens is 9. The van der Waals surface area contributed by atoms with Crippen LogP contribution in [0.1, 0.15) is 196 Å². The number of likely N-dealkylation sites (tertiary alicyclic amines) is 1. The number of carbonyl (C=O) groups excluding carboxylic acids is 3. The fourth-order valence-electron chi connectivity index (χ4n) is 14.9. The Labute approximate surface area is 895 Å². The van der Waals surface area contributed by atoms with Crippen LogP contribution in [0.4, 0.5) is 74.4 Å². The van der Waals surface area contributed by atoms with Crippen LogP contribution in [0.25, 0.3) is 6.08 Å². The van der Waals surface area contributed by atoms with Crippen LogP contribution in [0.3, 0.4) is 0 Å². The predicted octanol–water partition coefficient (Wildman–Crippen LogP) is 23.3. The van der Waals surface area contributed by atoms with Crippen LogP contribution in [0.15, 0.2) is 199 Å². The molecule has 6 aromatic carbocycles. The molecule has 0 aliphatic carbocycles. The number of fused-ring (bicyclic) bond motifs is 3. The maximum absolute atomic E-state index is 13.4. The van der Waals surface area contributed by atoms with Crippen LogP contribution >= 0.6 is 129 Å². The van der Waals surface area contributed by atoms with Crippen molar-refractivity contribution in [2.45, 2.75) is 175 Å². The van der Waals surface area contributed by atoms with Crippen LogP contribution in [0.2, 0.25) is 0 Å². The quantitative estimate of drug-likeness (QED) is 0.0158. The second-order valence-corrected chi connectivity index (χ2v) is 46.4. The molecule has 44 heteroatoms. The zero-order chi connectivity index (χ0) is 103. The van der Waals surface area contributed by atoms with Crippen molar-refractivity contribution in [3.8, 4) is 18.2 Å². The number of nitriles is 3. The number of H-pyrrole nitrogens is 3. The Balaban J connectivity index is 0.000000459. The van der Waals surface area contributed by atoms with Gasteiger partial charge in [-0.05, 0) is 240 Å². The maximum atomic E-state index is 13.4. The Morgan fingerprint density at radius 1 is 0.572 bits per heavy atom. The standard InChI is InChI=1S/C25H20F3N5O3.C24H20F3N5O4.C22H15BrF3N5O3.C10H21N.C6H12O.C2H3I3.C2H4I.C2H5.CH3I.2V/c1-4-6-16-11-15(13-29)9-10-19(16)21-20(22(34)36-3)14(2)32(23-30-31-24(35)33(21)23)18-8-5-7-17(12-18)25(26,27)28;1-13-19(21(34)36-2)20(18-7-6-14(12-28)10-15(18)8-9-33)32-22(29-30-23(32)35)31(13)17-5-3-4-16(11-17)24(25,26)27;1-11-17(19(32)34-2)18(15-7-6-12(10-27)8-16(15)23)31-20(28-29-21(31)33)30(11)14-5-3-4-13(9-14)22(24,25)26;1-9(2)7-6-8-10(3,4)11(9)5;1-5-7-6(2,3)4;1-2(3,4)5;1-2-3;2*1-2;;/h4-12,21H,1-3H3,(H,31,35);3-7,10-11,20,33H,8-9H2,1-2H3,(H,30,35);3-9,18H,1-2H3,(H,29,33);6-8H2,1-5H3;5H,1H2,2-4H3;1H3;2H,1H3;1H2,2H3;1H3;;/q;;;;;;2*-1;;;. The maximum Gasteiger partial charge on any atom is 0.416 e. The van der Waals surface area contributed by atoms with Gasteiger partial charge in [-0.1, -0.05) is 161 Å². The molecule has 0 spiro atoms. The molecule has 4 aliphatic rings. The van der Waals surface area contributed by atoms with Crippen LogP contribution in [0, 0.1) is 45.3 Å². The van der Waals surface area contributed by atoms with E-state index in [1.165, 1.54) is 120 Å². The van der Waals surface area contributed by atoms with E-state index in [0.29, 0.717) is 59.5 Å². The van der Waals surface area contributed by atoms with Gasteiger partial charge in [0.25, 0.3) is 0 Å². The average Bonchev–Trinajstić information content (AvgIpc) is 1.50. The minimum absolute atomic E-state index is 0. The van der Waals surface area contributed by atoms with E-state index in [2.05, 4.69) is 226 Å². The minimum Gasteiger partial charge on any atom is -0.496 e. The molecule has 4 aliphatic heterocycles. The van der Waals surface area contributed by atoms with E-state index in [9.17, 15) is 89.2 Å². The Kier molecular flexibility index (Phi) is 48.5. The molecular weight excluding hydrogens is 2520 g/mol. The van der Waals surface area contributed by atoms with E-state index in [1.807, 2.05) is 49.2 Å². The molecule has 1 saturated heterocycles. The van der Waals surface area contributed by atoms with Crippen molar-refractivity contribution >= 4 is 188 Å². The number of allylic oxidation sites excluding steroid dienone is 4. The monoisotopic (exact) mass is 2620 g/mol. The molecule has 9 aromatic rings. The summed E-state index contributed by atoms with van der Waals surface area (Å²) in [4.78, 5) is 86.3. The van der Waals surface area contributed by atoms with E-state index in [4.69, 9.17) is 18.9 Å². The van der Waals surface area contributed by atoms with E-state index in [-0.39, 0.29) is 124 Å². The van der Waals surface area contributed by atoms with Crippen molar-refractivity contribution in [1.82, 2.24) is 49.2 Å². The number of nitrogens with zero attached hydrogens (tertiary/aromatic N) is 13. The molecule has 2 radical (unpaired) electrons. The molecule has 0 saturated carbocycles. The third kappa shape index (κ3) is 31.3. The van der Waals surface area contributed by atoms with Crippen molar-refractivity contribution < 1.29 is 115 Å². The number of piperidine rings is 1. The molecule has 138 heavy (non-hydrogen) atoms. The van der Waals surface area contributed by atoms with Gasteiger partial charge in [-0.15, -0.1) is 15.3 Å². The topological polar surface area (TPSA) is 345 Å². The van der Waals surface area contributed by atoms with Gasteiger partial charge >= 0.3 is 53.5 Å². The Morgan fingerprint density at radius 3 is 1.15 bits per heavy atom. The first-order chi connectivity index (χ1) is 63.6. The molecular formula is C94H103BrF9I5N16O11V2-2. The number of hydrogen-bond acceptors (Lipinski definition) is 21. The number of methoxy groups -OCH3 is 3. The van der Waals surface area contributed by atoms with Gasteiger partial charge in [0.2, 0.25) is 17.8 Å².